The van der Waals surface area contributed by atoms with E-state index in [9.17, 15) is 0 Å². The average Bonchev–Trinajstić information content (AvgIpc) is 2.43. The summed E-state index contributed by atoms with van der Waals surface area (Å²) in [5.41, 5.74) is 7.53. The van der Waals surface area contributed by atoms with E-state index in [0.29, 0.717) is 0 Å². The molecule has 1 heterocycles. The van der Waals surface area contributed by atoms with Gasteiger partial charge < -0.3 is 10.5 Å². The molecule has 0 saturated carbocycles. The highest BCUT2D eigenvalue weighted by atomic mass is 16.5. The first-order valence-corrected chi connectivity index (χ1v) is 6.73. The maximum atomic E-state index is 5.92. The van der Waals surface area contributed by atoms with Crippen LogP contribution in [-0.2, 0) is 11.3 Å². The minimum Gasteiger partial charge on any atom is -0.384 e. The van der Waals surface area contributed by atoms with Gasteiger partial charge in [-0.05, 0) is 31.5 Å². The lowest BCUT2D eigenvalue weighted by Crippen LogP contribution is -2.46. The second kappa shape index (κ2) is 6.32. The zero-order valence-electron chi connectivity index (χ0n) is 11.3. The normalized spacial score (nSPS) is 19.9. The molecule has 0 aliphatic carbocycles. The fourth-order valence-corrected chi connectivity index (χ4v) is 2.74. The van der Waals surface area contributed by atoms with Crippen LogP contribution >= 0.6 is 0 Å². The van der Waals surface area contributed by atoms with Crippen LogP contribution in [0.1, 0.15) is 18.4 Å². The summed E-state index contributed by atoms with van der Waals surface area (Å²) in [6, 6.07) is 10.7. The summed E-state index contributed by atoms with van der Waals surface area (Å²) in [6.45, 7) is 4.82. The summed E-state index contributed by atoms with van der Waals surface area (Å²) in [5, 5.41) is 0. The lowest BCUT2D eigenvalue weighted by molar-refractivity contribution is 0.0254. The zero-order chi connectivity index (χ0) is 12.8. The van der Waals surface area contributed by atoms with Gasteiger partial charge in [0.15, 0.2) is 0 Å². The molecule has 0 amide bonds. The molecule has 1 saturated heterocycles. The van der Waals surface area contributed by atoms with Crippen LogP contribution in [0.4, 0.5) is 0 Å². The standard InChI is InChI=1S/C15H24N2O/c1-18-13-15(12-16)7-9-17(10-8-15)11-14-5-3-2-4-6-14/h2-6H,7-13,16H2,1H3. The lowest BCUT2D eigenvalue weighted by atomic mass is 9.79. The van der Waals surface area contributed by atoms with Crippen molar-refractivity contribution in [1.82, 2.24) is 4.90 Å². The van der Waals surface area contributed by atoms with Crippen molar-refractivity contribution in [3.63, 3.8) is 0 Å². The van der Waals surface area contributed by atoms with Crippen LogP contribution in [0.15, 0.2) is 30.3 Å². The highest BCUT2D eigenvalue weighted by Crippen LogP contribution is 2.31. The number of rotatable bonds is 5. The van der Waals surface area contributed by atoms with E-state index in [4.69, 9.17) is 10.5 Å². The molecule has 1 aliphatic heterocycles. The van der Waals surface area contributed by atoms with Gasteiger partial charge in [-0.15, -0.1) is 0 Å². The average molecular weight is 248 g/mol. The van der Waals surface area contributed by atoms with Gasteiger partial charge >= 0.3 is 0 Å². The van der Waals surface area contributed by atoms with Gasteiger partial charge in [0.05, 0.1) is 6.61 Å². The number of hydrogen-bond donors (Lipinski definition) is 1. The third-order valence-corrected chi connectivity index (χ3v) is 4.05. The maximum absolute atomic E-state index is 5.92. The molecule has 0 aromatic heterocycles. The fraction of sp³-hybridized carbons (Fsp3) is 0.600. The molecule has 1 aromatic carbocycles. The molecular weight excluding hydrogens is 224 g/mol. The molecule has 0 bridgehead atoms. The number of methoxy groups -OCH3 is 1. The highest BCUT2D eigenvalue weighted by Gasteiger charge is 2.33. The van der Waals surface area contributed by atoms with Crippen molar-refractivity contribution >= 4 is 0 Å². The van der Waals surface area contributed by atoms with Gasteiger partial charge in [0, 0.05) is 25.6 Å². The van der Waals surface area contributed by atoms with Crippen LogP contribution in [0.25, 0.3) is 0 Å². The number of piperidine rings is 1. The number of benzene rings is 1. The van der Waals surface area contributed by atoms with Crippen LogP contribution < -0.4 is 5.73 Å². The number of likely N-dealkylation sites (tertiary alicyclic amines) is 1. The first-order chi connectivity index (χ1) is 8.78. The summed E-state index contributed by atoms with van der Waals surface area (Å²) in [6.07, 6.45) is 2.29. The lowest BCUT2D eigenvalue weighted by Gasteiger charge is -2.40. The van der Waals surface area contributed by atoms with E-state index in [2.05, 4.69) is 35.2 Å². The predicted octanol–water partition coefficient (Wildman–Crippen LogP) is 1.87. The molecule has 0 unspecified atom stereocenters. The minimum absolute atomic E-state index is 0.210. The van der Waals surface area contributed by atoms with Crippen molar-refractivity contribution in [2.45, 2.75) is 19.4 Å². The molecule has 1 aromatic rings. The van der Waals surface area contributed by atoms with Gasteiger partial charge in [0.25, 0.3) is 0 Å². The Balaban J connectivity index is 1.86. The Hall–Kier alpha value is -0.900. The molecule has 18 heavy (non-hydrogen) atoms. The van der Waals surface area contributed by atoms with Crippen LogP contribution in [0.3, 0.4) is 0 Å². The zero-order valence-corrected chi connectivity index (χ0v) is 11.3. The summed E-state index contributed by atoms with van der Waals surface area (Å²) in [4.78, 5) is 2.51. The van der Waals surface area contributed by atoms with E-state index < -0.39 is 0 Å². The Morgan fingerprint density at radius 2 is 1.89 bits per heavy atom. The Morgan fingerprint density at radius 3 is 2.44 bits per heavy atom. The van der Waals surface area contributed by atoms with Crippen molar-refractivity contribution in [2.24, 2.45) is 11.1 Å². The van der Waals surface area contributed by atoms with Crippen molar-refractivity contribution in [3.8, 4) is 0 Å². The van der Waals surface area contributed by atoms with E-state index >= 15 is 0 Å². The SMILES string of the molecule is COCC1(CN)CCN(Cc2ccccc2)CC1. The van der Waals surface area contributed by atoms with Crippen LogP contribution in [0.2, 0.25) is 0 Å². The first-order valence-electron chi connectivity index (χ1n) is 6.73. The van der Waals surface area contributed by atoms with Gasteiger partial charge in [0.1, 0.15) is 0 Å². The number of nitrogens with zero attached hydrogens (tertiary/aromatic N) is 1. The number of ether oxygens (including phenoxy) is 1. The fourth-order valence-electron chi connectivity index (χ4n) is 2.74. The van der Waals surface area contributed by atoms with Gasteiger partial charge in [-0.1, -0.05) is 30.3 Å². The maximum Gasteiger partial charge on any atom is 0.0531 e. The highest BCUT2D eigenvalue weighted by molar-refractivity contribution is 5.14. The van der Waals surface area contributed by atoms with Crippen LogP contribution in [0, 0.1) is 5.41 Å². The van der Waals surface area contributed by atoms with Gasteiger partial charge in [0.2, 0.25) is 0 Å². The second-order valence-corrected chi connectivity index (χ2v) is 5.40. The van der Waals surface area contributed by atoms with Crippen LogP contribution in [-0.4, -0.2) is 38.3 Å². The third kappa shape index (κ3) is 3.31. The second-order valence-electron chi connectivity index (χ2n) is 5.40. The first kappa shape index (κ1) is 13.5. The summed E-state index contributed by atoms with van der Waals surface area (Å²) in [7, 11) is 1.77. The van der Waals surface area contributed by atoms with Crippen molar-refractivity contribution in [3.05, 3.63) is 35.9 Å². The quantitative estimate of drug-likeness (QED) is 0.864. The number of nitrogens with two attached hydrogens (primary N) is 1. The predicted molar refractivity (Wildman–Crippen MR) is 74.3 cm³/mol. The van der Waals surface area contributed by atoms with Crippen molar-refractivity contribution in [2.75, 3.05) is 33.4 Å². The molecule has 0 spiro atoms. The molecular formula is C15H24N2O. The summed E-state index contributed by atoms with van der Waals surface area (Å²) < 4.78 is 5.33. The smallest absolute Gasteiger partial charge is 0.0531 e. The molecule has 3 nitrogen and oxygen atoms in total. The van der Waals surface area contributed by atoms with E-state index in [0.717, 1.165) is 45.6 Å². The van der Waals surface area contributed by atoms with Crippen LogP contribution in [0.5, 0.6) is 0 Å². The molecule has 2 rings (SSSR count). The number of hydrogen-bond acceptors (Lipinski definition) is 3. The van der Waals surface area contributed by atoms with Crippen molar-refractivity contribution in [1.29, 1.82) is 0 Å². The van der Waals surface area contributed by atoms with E-state index in [1.54, 1.807) is 7.11 Å². The molecule has 3 heteroatoms. The Bertz CT molecular complexity index is 345. The third-order valence-electron chi connectivity index (χ3n) is 4.05. The topological polar surface area (TPSA) is 38.5 Å². The monoisotopic (exact) mass is 248 g/mol. The summed E-state index contributed by atoms with van der Waals surface area (Å²) >= 11 is 0. The van der Waals surface area contributed by atoms with E-state index in [-0.39, 0.29) is 5.41 Å². The Morgan fingerprint density at radius 1 is 1.22 bits per heavy atom. The minimum atomic E-state index is 0.210. The molecule has 100 valence electrons. The molecule has 1 fully saturated rings. The van der Waals surface area contributed by atoms with Gasteiger partial charge in [-0.2, -0.15) is 0 Å². The van der Waals surface area contributed by atoms with E-state index in [1.807, 2.05) is 0 Å². The van der Waals surface area contributed by atoms with Crippen molar-refractivity contribution < 1.29 is 4.74 Å². The molecule has 0 radical (unpaired) electrons. The largest absolute Gasteiger partial charge is 0.384 e. The molecule has 0 atom stereocenters. The van der Waals surface area contributed by atoms with Gasteiger partial charge in [-0.25, -0.2) is 0 Å². The Labute approximate surface area is 110 Å². The van der Waals surface area contributed by atoms with Gasteiger partial charge in [-0.3, -0.25) is 4.90 Å². The Kier molecular flexibility index (Phi) is 4.75. The molecule has 2 N–H and O–H groups in total. The van der Waals surface area contributed by atoms with E-state index in [1.165, 1.54) is 5.56 Å². The summed E-state index contributed by atoms with van der Waals surface area (Å²) in [5.74, 6) is 0. The molecule has 1 aliphatic rings.